The fraction of sp³-hybridized carbons (Fsp3) is 0.778. The Morgan fingerprint density at radius 1 is 1.38 bits per heavy atom. The zero-order valence-electron chi connectivity index (χ0n) is 7.94. The van der Waals surface area contributed by atoms with Crippen LogP contribution in [0.25, 0.3) is 0 Å². The van der Waals surface area contributed by atoms with Gasteiger partial charge in [-0.15, -0.1) is 16.9 Å². The fourth-order valence-corrected chi connectivity index (χ4v) is 2.48. The maximum atomic E-state index is 4.16. The largest absolute Gasteiger partial charge is 0.236 e. The van der Waals surface area contributed by atoms with Crippen LogP contribution in [0.5, 0.6) is 0 Å². The van der Waals surface area contributed by atoms with Gasteiger partial charge in [0.1, 0.15) is 5.03 Å². The van der Waals surface area contributed by atoms with Crippen LogP contribution in [0, 0.1) is 0 Å². The molecule has 3 nitrogen and oxygen atoms in total. The van der Waals surface area contributed by atoms with Crippen molar-refractivity contribution in [3.8, 4) is 0 Å². The summed E-state index contributed by atoms with van der Waals surface area (Å²) in [6, 6.07) is 0.610. The monoisotopic (exact) mass is 197 g/mol. The molecule has 1 fully saturated rings. The zero-order valence-corrected chi connectivity index (χ0v) is 8.76. The molecule has 1 aromatic rings. The molecule has 0 N–H and O–H groups in total. The molecule has 0 aromatic carbocycles. The van der Waals surface area contributed by atoms with E-state index in [2.05, 4.69) is 21.2 Å². The van der Waals surface area contributed by atoms with Gasteiger partial charge < -0.3 is 0 Å². The predicted octanol–water partition coefficient (Wildman–Crippen LogP) is 2.51. The molecule has 0 unspecified atom stereocenters. The van der Waals surface area contributed by atoms with Crippen LogP contribution in [0.4, 0.5) is 0 Å². The number of nitrogens with zero attached hydrogens (tertiary/aromatic N) is 3. The lowest BCUT2D eigenvalue weighted by molar-refractivity contribution is 0.308. The Labute approximate surface area is 82.9 Å². The van der Waals surface area contributed by atoms with E-state index in [1.54, 1.807) is 11.8 Å². The van der Waals surface area contributed by atoms with E-state index in [0.29, 0.717) is 6.04 Å². The quantitative estimate of drug-likeness (QED) is 0.682. The highest BCUT2D eigenvalue weighted by molar-refractivity contribution is 7.98. The van der Waals surface area contributed by atoms with Gasteiger partial charge in [-0.25, -0.2) is 4.68 Å². The highest BCUT2D eigenvalue weighted by atomic mass is 32.2. The zero-order chi connectivity index (χ0) is 9.10. The maximum Gasteiger partial charge on any atom is 0.114 e. The molecule has 1 aromatic heterocycles. The third-order valence-corrected chi connectivity index (χ3v) is 3.38. The SMILES string of the molecule is CSc1cnnn1C1CCCCC1. The van der Waals surface area contributed by atoms with E-state index in [1.165, 1.54) is 37.1 Å². The molecule has 72 valence electrons. The Morgan fingerprint density at radius 3 is 2.85 bits per heavy atom. The summed E-state index contributed by atoms with van der Waals surface area (Å²) in [4.78, 5) is 0. The highest BCUT2D eigenvalue weighted by Gasteiger charge is 2.18. The lowest BCUT2D eigenvalue weighted by atomic mass is 9.96. The van der Waals surface area contributed by atoms with Crippen molar-refractivity contribution in [3.05, 3.63) is 6.20 Å². The summed E-state index contributed by atoms with van der Waals surface area (Å²) in [6.07, 6.45) is 10.6. The highest BCUT2D eigenvalue weighted by Crippen LogP contribution is 2.30. The summed E-state index contributed by atoms with van der Waals surface area (Å²) in [5, 5.41) is 9.32. The Morgan fingerprint density at radius 2 is 2.15 bits per heavy atom. The van der Waals surface area contributed by atoms with Gasteiger partial charge >= 0.3 is 0 Å². The minimum atomic E-state index is 0.610. The van der Waals surface area contributed by atoms with Gasteiger partial charge in [0.25, 0.3) is 0 Å². The molecule has 0 spiro atoms. The van der Waals surface area contributed by atoms with Crippen LogP contribution in [-0.4, -0.2) is 21.2 Å². The molecule has 0 atom stereocenters. The minimum absolute atomic E-state index is 0.610. The first kappa shape index (κ1) is 9.06. The minimum Gasteiger partial charge on any atom is -0.236 e. The van der Waals surface area contributed by atoms with E-state index in [-0.39, 0.29) is 0 Å². The van der Waals surface area contributed by atoms with E-state index in [1.807, 2.05) is 6.20 Å². The second kappa shape index (κ2) is 4.13. The van der Waals surface area contributed by atoms with E-state index >= 15 is 0 Å². The normalized spacial score (nSPS) is 19.2. The van der Waals surface area contributed by atoms with Crippen LogP contribution in [0.15, 0.2) is 11.2 Å². The van der Waals surface area contributed by atoms with Crippen molar-refractivity contribution in [2.45, 2.75) is 43.2 Å². The van der Waals surface area contributed by atoms with Gasteiger partial charge in [-0.3, -0.25) is 0 Å². The topological polar surface area (TPSA) is 30.7 Å². The lowest BCUT2D eigenvalue weighted by Crippen LogP contribution is -2.14. The second-order valence-corrected chi connectivity index (χ2v) is 4.34. The smallest absolute Gasteiger partial charge is 0.114 e. The summed E-state index contributed by atoms with van der Waals surface area (Å²) in [7, 11) is 0. The van der Waals surface area contributed by atoms with Crippen molar-refractivity contribution >= 4 is 11.8 Å². The Hall–Kier alpha value is -0.510. The van der Waals surface area contributed by atoms with Crippen LogP contribution >= 0.6 is 11.8 Å². The molecule has 0 saturated heterocycles. The molecule has 2 rings (SSSR count). The Kier molecular flexibility index (Phi) is 2.88. The number of thioether (sulfide) groups is 1. The summed E-state index contributed by atoms with van der Waals surface area (Å²) < 4.78 is 2.10. The third-order valence-electron chi connectivity index (χ3n) is 2.67. The number of rotatable bonds is 2. The summed E-state index contributed by atoms with van der Waals surface area (Å²) in [6.45, 7) is 0. The van der Waals surface area contributed by atoms with Gasteiger partial charge in [0.2, 0.25) is 0 Å². The lowest BCUT2D eigenvalue weighted by Gasteiger charge is -2.22. The molecular formula is C9H15N3S. The Bertz CT molecular complexity index is 266. The van der Waals surface area contributed by atoms with Crippen molar-refractivity contribution in [2.24, 2.45) is 0 Å². The first-order valence-corrected chi connectivity index (χ1v) is 6.08. The summed E-state index contributed by atoms with van der Waals surface area (Å²) in [5.74, 6) is 0. The third kappa shape index (κ3) is 1.88. The van der Waals surface area contributed by atoms with E-state index in [0.717, 1.165) is 0 Å². The molecule has 0 aliphatic heterocycles. The molecule has 1 aliphatic rings. The van der Waals surface area contributed by atoms with Crippen molar-refractivity contribution < 1.29 is 0 Å². The molecular weight excluding hydrogens is 182 g/mol. The molecule has 13 heavy (non-hydrogen) atoms. The predicted molar refractivity (Wildman–Crippen MR) is 53.9 cm³/mol. The maximum absolute atomic E-state index is 4.16. The number of hydrogen-bond acceptors (Lipinski definition) is 3. The first-order valence-electron chi connectivity index (χ1n) is 4.86. The molecule has 0 bridgehead atoms. The van der Waals surface area contributed by atoms with Crippen LogP contribution in [0.2, 0.25) is 0 Å². The van der Waals surface area contributed by atoms with Crippen molar-refractivity contribution in [1.82, 2.24) is 15.0 Å². The van der Waals surface area contributed by atoms with Crippen molar-refractivity contribution in [2.75, 3.05) is 6.26 Å². The molecule has 0 radical (unpaired) electrons. The average Bonchev–Trinajstić information content (AvgIpc) is 2.67. The molecule has 0 amide bonds. The Balaban J connectivity index is 2.13. The summed E-state index contributed by atoms with van der Waals surface area (Å²) >= 11 is 1.73. The van der Waals surface area contributed by atoms with Gasteiger partial charge in [0, 0.05) is 0 Å². The van der Waals surface area contributed by atoms with Gasteiger partial charge in [-0.05, 0) is 19.1 Å². The van der Waals surface area contributed by atoms with Gasteiger partial charge in [-0.1, -0.05) is 24.5 Å². The van der Waals surface area contributed by atoms with Crippen molar-refractivity contribution in [1.29, 1.82) is 0 Å². The average molecular weight is 197 g/mol. The van der Waals surface area contributed by atoms with E-state index in [4.69, 9.17) is 0 Å². The standard InChI is InChI=1S/C9H15N3S/c1-13-9-7-10-11-12(9)8-5-3-2-4-6-8/h7-8H,2-6H2,1H3. The molecule has 4 heteroatoms. The van der Waals surface area contributed by atoms with Gasteiger partial charge in [0.15, 0.2) is 0 Å². The number of aromatic nitrogens is 3. The molecule has 1 heterocycles. The van der Waals surface area contributed by atoms with Crippen molar-refractivity contribution in [3.63, 3.8) is 0 Å². The van der Waals surface area contributed by atoms with Crippen LogP contribution in [-0.2, 0) is 0 Å². The van der Waals surface area contributed by atoms with Crippen LogP contribution in [0.1, 0.15) is 38.1 Å². The molecule has 1 aliphatic carbocycles. The van der Waals surface area contributed by atoms with Gasteiger partial charge in [0.05, 0.1) is 12.2 Å². The fourth-order valence-electron chi connectivity index (χ4n) is 1.96. The summed E-state index contributed by atoms with van der Waals surface area (Å²) in [5.41, 5.74) is 0. The number of hydrogen-bond donors (Lipinski definition) is 0. The van der Waals surface area contributed by atoms with Crippen LogP contribution in [0.3, 0.4) is 0 Å². The van der Waals surface area contributed by atoms with E-state index in [9.17, 15) is 0 Å². The van der Waals surface area contributed by atoms with Crippen LogP contribution < -0.4 is 0 Å². The van der Waals surface area contributed by atoms with E-state index < -0.39 is 0 Å². The first-order chi connectivity index (χ1) is 6.42. The van der Waals surface area contributed by atoms with Gasteiger partial charge in [-0.2, -0.15) is 0 Å². The second-order valence-electron chi connectivity index (χ2n) is 3.51. The molecule has 1 saturated carbocycles.